The van der Waals surface area contributed by atoms with Gasteiger partial charge in [0.2, 0.25) is 5.91 Å². The van der Waals surface area contributed by atoms with Gasteiger partial charge in [0.25, 0.3) is 0 Å². The number of amides is 1. The normalized spacial score (nSPS) is 10.2. The molecule has 0 saturated heterocycles. The SMILES string of the molecule is O=C(CCn1cccn1)Nc1ccc(I)cc1C(=O)O. The monoisotopic (exact) mass is 385 g/mol. The molecule has 6 nitrogen and oxygen atoms in total. The van der Waals surface area contributed by atoms with Crippen LogP contribution in [0.1, 0.15) is 16.8 Å². The van der Waals surface area contributed by atoms with Crippen molar-refractivity contribution in [1.29, 1.82) is 0 Å². The molecule has 0 saturated carbocycles. The van der Waals surface area contributed by atoms with Gasteiger partial charge in [-0.25, -0.2) is 4.79 Å². The molecule has 2 aromatic rings. The van der Waals surface area contributed by atoms with Crippen molar-refractivity contribution in [3.8, 4) is 0 Å². The molecule has 0 aliphatic heterocycles. The topological polar surface area (TPSA) is 84.2 Å². The summed E-state index contributed by atoms with van der Waals surface area (Å²) in [4.78, 5) is 23.0. The summed E-state index contributed by atoms with van der Waals surface area (Å²) in [6.45, 7) is 0.450. The predicted octanol–water partition coefficient (Wildman–Crippen LogP) is 2.21. The predicted molar refractivity (Wildman–Crippen MR) is 81.6 cm³/mol. The van der Waals surface area contributed by atoms with Crippen molar-refractivity contribution in [2.24, 2.45) is 0 Å². The van der Waals surface area contributed by atoms with E-state index >= 15 is 0 Å². The number of aryl methyl sites for hydroxylation is 1. The minimum absolute atomic E-state index is 0.0874. The maximum atomic E-state index is 11.8. The Morgan fingerprint density at radius 3 is 2.85 bits per heavy atom. The molecule has 2 rings (SSSR count). The molecule has 0 bridgehead atoms. The molecule has 1 amide bonds. The van der Waals surface area contributed by atoms with E-state index in [9.17, 15) is 9.59 Å². The van der Waals surface area contributed by atoms with Crippen LogP contribution in [0.15, 0.2) is 36.7 Å². The Morgan fingerprint density at radius 1 is 1.40 bits per heavy atom. The zero-order chi connectivity index (χ0) is 14.5. The first kappa shape index (κ1) is 14.5. The minimum Gasteiger partial charge on any atom is -0.478 e. The van der Waals surface area contributed by atoms with Crippen molar-refractivity contribution in [2.45, 2.75) is 13.0 Å². The van der Waals surface area contributed by atoms with Crippen LogP contribution in [-0.4, -0.2) is 26.8 Å². The minimum atomic E-state index is -1.06. The van der Waals surface area contributed by atoms with E-state index in [1.54, 1.807) is 35.3 Å². The summed E-state index contributed by atoms with van der Waals surface area (Å²) in [5.74, 6) is -1.31. The highest BCUT2D eigenvalue weighted by molar-refractivity contribution is 14.1. The van der Waals surface area contributed by atoms with Gasteiger partial charge in [0.05, 0.1) is 11.3 Å². The van der Waals surface area contributed by atoms with Crippen LogP contribution in [-0.2, 0) is 11.3 Å². The lowest BCUT2D eigenvalue weighted by molar-refractivity contribution is -0.116. The summed E-state index contributed by atoms with van der Waals surface area (Å²) in [6, 6.07) is 6.64. The highest BCUT2D eigenvalue weighted by Gasteiger charge is 2.13. The number of anilines is 1. The molecule has 0 atom stereocenters. The van der Waals surface area contributed by atoms with Gasteiger partial charge >= 0.3 is 5.97 Å². The second kappa shape index (κ2) is 6.51. The Labute approximate surface area is 128 Å². The van der Waals surface area contributed by atoms with Crippen molar-refractivity contribution in [3.05, 3.63) is 45.8 Å². The standard InChI is InChI=1S/C13H12IN3O3/c14-9-2-3-11(10(8-9)13(19)20)16-12(18)4-7-17-6-1-5-15-17/h1-3,5-6,8H,4,7H2,(H,16,18)(H,19,20). The Morgan fingerprint density at radius 2 is 2.20 bits per heavy atom. The first-order valence-corrected chi connectivity index (χ1v) is 6.94. The number of benzene rings is 1. The van der Waals surface area contributed by atoms with Gasteiger partial charge in [-0.15, -0.1) is 0 Å². The molecule has 0 radical (unpaired) electrons. The number of nitrogens with one attached hydrogen (secondary N) is 1. The summed E-state index contributed by atoms with van der Waals surface area (Å²) in [7, 11) is 0. The maximum absolute atomic E-state index is 11.8. The lowest BCUT2D eigenvalue weighted by Crippen LogP contribution is -2.17. The van der Waals surface area contributed by atoms with Crippen molar-refractivity contribution < 1.29 is 14.7 Å². The average molecular weight is 385 g/mol. The fourth-order valence-corrected chi connectivity index (χ4v) is 2.16. The number of carbonyl (C=O) groups is 2. The molecule has 0 unspecified atom stereocenters. The summed E-state index contributed by atoms with van der Waals surface area (Å²) in [5, 5.41) is 15.7. The molecule has 20 heavy (non-hydrogen) atoms. The van der Waals surface area contributed by atoms with Gasteiger partial charge in [0.1, 0.15) is 0 Å². The highest BCUT2D eigenvalue weighted by atomic mass is 127. The third-order valence-electron chi connectivity index (χ3n) is 2.61. The zero-order valence-electron chi connectivity index (χ0n) is 10.4. The summed E-state index contributed by atoms with van der Waals surface area (Å²) in [5.41, 5.74) is 0.396. The molecule has 1 heterocycles. The molecule has 0 aliphatic carbocycles. The second-order valence-corrected chi connectivity index (χ2v) is 5.31. The van der Waals surface area contributed by atoms with Crippen LogP contribution in [0.3, 0.4) is 0 Å². The molecule has 104 valence electrons. The first-order chi connectivity index (χ1) is 9.56. The first-order valence-electron chi connectivity index (χ1n) is 5.86. The summed E-state index contributed by atoms with van der Waals surface area (Å²) >= 11 is 2.03. The number of aromatic carboxylic acids is 1. The fourth-order valence-electron chi connectivity index (χ4n) is 1.66. The Balaban J connectivity index is 2.02. The Bertz CT molecular complexity index is 626. The van der Waals surface area contributed by atoms with Crippen LogP contribution in [0, 0.1) is 3.57 Å². The highest BCUT2D eigenvalue weighted by Crippen LogP contribution is 2.19. The second-order valence-electron chi connectivity index (χ2n) is 4.06. The third-order valence-corrected chi connectivity index (χ3v) is 3.28. The number of hydrogen-bond acceptors (Lipinski definition) is 3. The number of aromatic nitrogens is 2. The molecule has 0 fully saturated rings. The largest absolute Gasteiger partial charge is 0.478 e. The van der Waals surface area contributed by atoms with Crippen LogP contribution >= 0.6 is 22.6 Å². The average Bonchev–Trinajstić information content (AvgIpc) is 2.91. The van der Waals surface area contributed by atoms with Gasteiger partial charge in [0, 0.05) is 28.9 Å². The molecule has 7 heteroatoms. The molecule has 1 aromatic heterocycles. The van der Waals surface area contributed by atoms with Gasteiger partial charge in [-0.1, -0.05) is 0 Å². The number of nitrogens with zero attached hydrogens (tertiary/aromatic N) is 2. The van der Waals surface area contributed by atoms with Crippen LogP contribution in [0.25, 0.3) is 0 Å². The number of rotatable bonds is 5. The quantitative estimate of drug-likeness (QED) is 0.774. The molecular weight excluding hydrogens is 373 g/mol. The van der Waals surface area contributed by atoms with Crippen LogP contribution < -0.4 is 5.32 Å². The lowest BCUT2D eigenvalue weighted by Gasteiger charge is -2.09. The summed E-state index contributed by atoms with van der Waals surface area (Å²) < 4.78 is 2.44. The summed E-state index contributed by atoms with van der Waals surface area (Å²) in [6.07, 6.45) is 3.63. The van der Waals surface area contributed by atoms with Crippen LogP contribution in [0.5, 0.6) is 0 Å². The third kappa shape index (κ3) is 3.80. The van der Waals surface area contributed by atoms with Gasteiger partial charge in [-0.3, -0.25) is 9.48 Å². The molecule has 2 N–H and O–H groups in total. The lowest BCUT2D eigenvalue weighted by atomic mass is 10.2. The zero-order valence-corrected chi connectivity index (χ0v) is 12.6. The fraction of sp³-hybridized carbons (Fsp3) is 0.154. The number of carbonyl (C=O) groups excluding carboxylic acids is 1. The van der Waals surface area contributed by atoms with E-state index in [1.807, 2.05) is 22.6 Å². The van der Waals surface area contributed by atoms with Gasteiger partial charge in [-0.05, 0) is 46.9 Å². The Hall–Kier alpha value is -1.90. The molecule has 0 spiro atoms. The van der Waals surface area contributed by atoms with Crippen LogP contribution in [0.4, 0.5) is 5.69 Å². The van der Waals surface area contributed by atoms with E-state index in [4.69, 9.17) is 5.11 Å². The van der Waals surface area contributed by atoms with Crippen molar-refractivity contribution in [2.75, 3.05) is 5.32 Å². The van der Waals surface area contributed by atoms with Crippen molar-refractivity contribution in [1.82, 2.24) is 9.78 Å². The van der Waals surface area contributed by atoms with Crippen molar-refractivity contribution >= 4 is 40.2 Å². The Kier molecular flexibility index (Phi) is 4.72. The van der Waals surface area contributed by atoms with Gasteiger partial charge in [0.15, 0.2) is 0 Å². The van der Waals surface area contributed by atoms with Crippen LogP contribution in [0.2, 0.25) is 0 Å². The number of carboxylic acid groups (broad SMARTS) is 1. The van der Waals surface area contributed by atoms with Gasteiger partial charge < -0.3 is 10.4 Å². The van der Waals surface area contributed by atoms with E-state index in [2.05, 4.69) is 10.4 Å². The van der Waals surface area contributed by atoms with E-state index < -0.39 is 5.97 Å². The number of carboxylic acids is 1. The van der Waals surface area contributed by atoms with Crippen molar-refractivity contribution in [3.63, 3.8) is 0 Å². The molecular formula is C13H12IN3O3. The maximum Gasteiger partial charge on any atom is 0.337 e. The van der Waals surface area contributed by atoms with E-state index in [0.717, 1.165) is 3.57 Å². The van der Waals surface area contributed by atoms with E-state index in [-0.39, 0.29) is 17.9 Å². The number of halogens is 1. The molecule has 1 aromatic carbocycles. The van der Waals surface area contributed by atoms with E-state index in [0.29, 0.717) is 12.2 Å². The van der Waals surface area contributed by atoms with E-state index in [1.165, 1.54) is 6.07 Å². The molecule has 0 aliphatic rings. The van der Waals surface area contributed by atoms with Gasteiger partial charge in [-0.2, -0.15) is 5.10 Å². The smallest absolute Gasteiger partial charge is 0.337 e. The number of hydrogen-bond donors (Lipinski definition) is 2.